The monoisotopic (exact) mass is 859 g/mol. The first-order valence-electron chi connectivity index (χ1n) is 21.3. The highest BCUT2D eigenvalue weighted by molar-refractivity contribution is 5.96. The lowest BCUT2D eigenvalue weighted by molar-refractivity contribution is -0.228. The molecule has 1 unspecified atom stereocenters. The van der Waals surface area contributed by atoms with Crippen molar-refractivity contribution in [3.8, 4) is 5.75 Å². The van der Waals surface area contributed by atoms with Crippen molar-refractivity contribution in [2.75, 3.05) is 59.0 Å². The largest absolute Gasteiger partial charge is 1.00 e. The van der Waals surface area contributed by atoms with Gasteiger partial charge in [0, 0.05) is 78.2 Å². The smallest absolute Gasteiger partial charge is 0.344 e. The Morgan fingerprint density at radius 2 is 1.72 bits per heavy atom. The number of hydrogen-bond donors (Lipinski definition) is 3. The predicted octanol–water partition coefficient (Wildman–Crippen LogP) is 0.522. The van der Waals surface area contributed by atoms with Crippen LogP contribution in [0.5, 0.6) is 5.75 Å². The maximum absolute atomic E-state index is 15.3. The fraction of sp³-hybridized carbons (Fsp3) is 0.565. The van der Waals surface area contributed by atoms with Crippen molar-refractivity contribution < 1.29 is 60.7 Å². The van der Waals surface area contributed by atoms with Crippen LogP contribution in [0, 0.1) is 11.3 Å². The molecule has 3 aromatic rings. The van der Waals surface area contributed by atoms with Gasteiger partial charge in [-0.2, -0.15) is 0 Å². The number of anilines is 1. The van der Waals surface area contributed by atoms with Gasteiger partial charge in [-0.3, -0.25) is 24.2 Å². The van der Waals surface area contributed by atoms with E-state index in [0.717, 1.165) is 16.5 Å². The number of esters is 3. The number of nitrogens with zero attached hydrogens (tertiary/aromatic N) is 3. The third-order valence-corrected chi connectivity index (χ3v) is 15.5. The van der Waals surface area contributed by atoms with Crippen LogP contribution in [0.3, 0.4) is 0 Å². The fourth-order valence-electron chi connectivity index (χ4n) is 13.4. The minimum atomic E-state index is -2.53. The molecule has 1 amide bonds. The van der Waals surface area contributed by atoms with Crippen LogP contribution in [-0.4, -0.2) is 133 Å². The van der Waals surface area contributed by atoms with Gasteiger partial charge in [0.05, 0.1) is 38.7 Å². The van der Waals surface area contributed by atoms with E-state index in [1.165, 1.54) is 33.2 Å². The average Bonchev–Trinajstić information content (AvgIpc) is 3.92. The second-order valence-corrected chi connectivity index (χ2v) is 18.1. The number of fused-ring (bicyclic) bond motifs is 6. The summed E-state index contributed by atoms with van der Waals surface area (Å²) in [5.41, 5.74) is -3.15. The van der Waals surface area contributed by atoms with Crippen molar-refractivity contribution in [1.82, 2.24) is 14.8 Å². The molecule has 61 heavy (non-hydrogen) atoms. The number of amides is 1. The van der Waals surface area contributed by atoms with Crippen LogP contribution in [0.2, 0.25) is 0 Å². The van der Waals surface area contributed by atoms with Gasteiger partial charge in [0.15, 0.2) is 6.10 Å². The van der Waals surface area contributed by atoms with Crippen molar-refractivity contribution in [1.29, 1.82) is 0 Å². The number of aliphatic hydroxyl groups is 2. The summed E-state index contributed by atoms with van der Waals surface area (Å²) in [6.07, 6.45) is 5.83. The molecule has 15 heteroatoms. The SMILES string of the molecule is CC[C@]1(O)C[C@H]2CN(CCc3c([nH]c4ccccc34)[C@@](C(=O)OC)(c3cc4c(cc3OC)N(C=O)[C@H]3[C@@](O)(C(=O)OC)[C@H](OC(C)=O)[C@]5(CC)C=CCN6CC[C@]43[C@@H]65)C2)C1.[Cl-]. The number of piperidine rings is 1. The van der Waals surface area contributed by atoms with E-state index in [-0.39, 0.29) is 24.7 Å². The van der Waals surface area contributed by atoms with Gasteiger partial charge >= 0.3 is 17.9 Å². The number of benzene rings is 2. The average molecular weight is 860 g/mol. The summed E-state index contributed by atoms with van der Waals surface area (Å²) in [6, 6.07) is 9.97. The van der Waals surface area contributed by atoms with Crippen LogP contribution >= 0.6 is 0 Å². The predicted molar refractivity (Wildman–Crippen MR) is 221 cm³/mol. The lowest BCUT2D eigenvalue weighted by Crippen LogP contribution is -3.00. The Morgan fingerprint density at radius 3 is 2.39 bits per heavy atom. The molecule has 3 fully saturated rings. The lowest BCUT2D eigenvalue weighted by atomic mass is 9.47. The van der Waals surface area contributed by atoms with Crippen LogP contribution in [0.15, 0.2) is 48.6 Å². The number of hydrogen-bond acceptors (Lipinski definition) is 12. The van der Waals surface area contributed by atoms with Gasteiger partial charge in [-0.15, -0.1) is 0 Å². The first kappa shape index (κ1) is 43.2. The summed E-state index contributed by atoms with van der Waals surface area (Å²) in [6.45, 7) is 8.16. The maximum atomic E-state index is 15.3. The van der Waals surface area contributed by atoms with Gasteiger partial charge < -0.3 is 51.5 Å². The zero-order chi connectivity index (χ0) is 42.6. The molecule has 9 rings (SSSR count). The molecular formula is C46H56ClN4O10-. The highest BCUT2D eigenvalue weighted by Crippen LogP contribution is 2.68. The highest BCUT2D eigenvalue weighted by Gasteiger charge is 2.81. The Morgan fingerprint density at radius 1 is 0.967 bits per heavy atom. The number of halogens is 1. The molecule has 1 aromatic heterocycles. The third-order valence-electron chi connectivity index (χ3n) is 15.5. The maximum Gasteiger partial charge on any atom is 0.344 e. The summed E-state index contributed by atoms with van der Waals surface area (Å²) in [7, 11) is 4.09. The van der Waals surface area contributed by atoms with Gasteiger partial charge in [-0.05, 0) is 74.2 Å². The van der Waals surface area contributed by atoms with Crippen LogP contribution in [0.25, 0.3) is 10.9 Å². The van der Waals surface area contributed by atoms with Gasteiger partial charge in [-0.25, -0.2) is 4.79 Å². The van der Waals surface area contributed by atoms with Crippen molar-refractivity contribution in [3.05, 3.63) is 70.9 Å². The Bertz CT molecular complexity index is 2320. The number of H-pyrrole nitrogens is 1. The zero-order valence-corrected chi connectivity index (χ0v) is 36.4. The van der Waals surface area contributed by atoms with E-state index in [1.54, 1.807) is 6.07 Å². The van der Waals surface area contributed by atoms with E-state index in [1.807, 2.05) is 50.3 Å². The molecule has 2 aromatic carbocycles. The normalized spacial score (nSPS) is 35.9. The van der Waals surface area contributed by atoms with Crippen molar-refractivity contribution >= 4 is 40.9 Å². The first-order chi connectivity index (χ1) is 28.8. The molecule has 6 aliphatic rings. The molecule has 6 heterocycles. The van der Waals surface area contributed by atoms with Crippen LogP contribution in [-0.2, 0) is 50.6 Å². The van der Waals surface area contributed by atoms with E-state index in [9.17, 15) is 24.6 Å². The van der Waals surface area contributed by atoms with Gasteiger partial charge in [0.25, 0.3) is 0 Å². The number of carbonyl (C=O) groups is 4. The van der Waals surface area contributed by atoms with Crippen LogP contribution < -0.4 is 22.0 Å². The van der Waals surface area contributed by atoms with E-state index < -0.39 is 63.5 Å². The minimum Gasteiger partial charge on any atom is -1.00 e. The standard InChI is InChI=1S/C46H56N4O10.ClH/c1-7-42(55)22-28-23-45(40(53)58-5,36-30(14-18-48(24-28)25-42)29-12-9-10-13-33(29)47-36)32-20-31-34(21-35(32)57-4)50(26-51)38-44(31)16-19-49-17-11-15-43(8-2,37(44)49)39(60-27(3)52)46(38,56)41(54)59-6;/h9-13,15,20-21,26,28,37-39,47,55-56H,7-8,14,16-19,22-25H2,1-6H3;1H/p-1/t28-,37+,38-,39-,42+,43-,44-,45+,46+;/m1./s1. The van der Waals surface area contributed by atoms with E-state index >= 15 is 4.79 Å². The summed E-state index contributed by atoms with van der Waals surface area (Å²) in [4.78, 5) is 66.1. The molecule has 14 nitrogen and oxygen atoms in total. The number of methoxy groups -OCH3 is 3. The summed E-state index contributed by atoms with van der Waals surface area (Å²) < 4.78 is 23.7. The number of rotatable bonds is 8. The number of aromatic amines is 1. The number of para-hydroxylation sites is 1. The van der Waals surface area contributed by atoms with Gasteiger partial charge in [-0.1, -0.05) is 44.2 Å². The van der Waals surface area contributed by atoms with Crippen LogP contribution in [0.4, 0.5) is 5.69 Å². The summed E-state index contributed by atoms with van der Waals surface area (Å²) in [5, 5.41) is 26.3. The zero-order valence-electron chi connectivity index (χ0n) is 35.7. The Balaban J connectivity index is 0.00000514. The van der Waals surface area contributed by atoms with E-state index in [0.29, 0.717) is 99.5 Å². The quantitative estimate of drug-likeness (QED) is 0.125. The Labute approximate surface area is 361 Å². The van der Waals surface area contributed by atoms with E-state index in [4.69, 9.17) is 18.9 Å². The number of ether oxygens (including phenoxy) is 4. The Kier molecular flexibility index (Phi) is 10.7. The molecule has 3 N–H and O–H groups in total. The molecule has 2 bridgehead atoms. The van der Waals surface area contributed by atoms with Crippen molar-refractivity contribution in [2.24, 2.45) is 11.3 Å². The van der Waals surface area contributed by atoms with Crippen molar-refractivity contribution in [3.63, 3.8) is 0 Å². The third kappa shape index (κ3) is 5.67. The fourth-order valence-corrected chi connectivity index (χ4v) is 13.4. The summed E-state index contributed by atoms with van der Waals surface area (Å²) in [5.74, 6) is -2.06. The van der Waals surface area contributed by atoms with Crippen LogP contribution in [0.1, 0.15) is 75.3 Å². The summed E-state index contributed by atoms with van der Waals surface area (Å²) >= 11 is 0. The number of carbonyl (C=O) groups excluding carboxylic acids is 4. The molecule has 5 aliphatic heterocycles. The lowest BCUT2D eigenvalue weighted by Gasteiger charge is -2.63. The molecule has 1 spiro atoms. The van der Waals surface area contributed by atoms with E-state index in [2.05, 4.69) is 20.9 Å². The molecular weight excluding hydrogens is 804 g/mol. The minimum absolute atomic E-state index is 0. The van der Waals surface area contributed by atoms with Gasteiger partial charge in [0.2, 0.25) is 12.0 Å². The van der Waals surface area contributed by atoms with Crippen molar-refractivity contribution in [2.45, 2.75) is 99.5 Å². The molecule has 1 saturated carbocycles. The second kappa shape index (κ2) is 15.1. The van der Waals surface area contributed by atoms with Gasteiger partial charge in [0.1, 0.15) is 11.2 Å². The topological polar surface area (TPSA) is 171 Å². The molecule has 0 radical (unpaired) electrons. The number of nitrogens with one attached hydrogen (secondary N) is 1. The molecule has 10 atom stereocenters. The molecule has 328 valence electrons. The second-order valence-electron chi connectivity index (χ2n) is 18.1. The Hall–Kier alpha value is -4.47. The molecule has 2 saturated heterocycles. The number of aromatic nitrogens is 1. The first-order valence-corrected chi connectivity index (χ1v) is 21.3. The molecule has 1 aliphatic carbocycles. The highest BCUT2D eigenvalue weighted by atomic mass is 35.5.